The monoisotopic (exact) mass is 235 g/mol. The lowest BCUT2D eigenvalue weighted by atomic mass is 10.1. The third-order valence-electron chi connectivity index (χ3n) is 2.53. The number of carbonyl (C=O) groups is 2. The number of thioether (sulfide) groups is 1. The van der Waals surface area contributed by atoms with Gasteiger partial charge in [-0.05, 0) is 25.5 Å². The number of fused-ring (bicyclic) bond motifs is 1. The van der Waals surface area contributed by atoms with Crippen LogP contribution >= 0.6 is 11.8 Å². The van der Waals surface area contributed by atoms with Crippen LogP contribution < -0.4 is 0 Å². The van der Waals surface area contributed by atoms with Crippen molar-refractivity contribution in [3.05, 3.63) is 35.4 Å². The van der Waals surface area contributed by atoms with Gasteiger partial charge in [-0.15, -0.1) is 0 Å². The summed E-state index contributed by atoms with van der Waals surface area (Å²) in [6, 6.07) is 7.31. The molecule has 0 saturated carbocycles. The Hall–Kier alpha value is -1.29. The summed E-state index contributed by atoms with van der Waals surface area (Å²) < 4.78 is 0. The molecular weight excluding hydrogens is 222 g/mol. The molecule has 0 aliphatic carbocycles. The van der Waals surface area contributed by atoms with Crippen molar-refractivity contribution in [3.8, 4) is 0 Å². The number of hydrogen-bond acceptors (Lipinski definition) is 3. The molecule has 0 aromatic heterocycles. The van der Waals surface area contributed by atoms with Crippen LogP contribution in [0.15, 0.2) is 24.3 Å². The van der Waals surface area contributed by atoms with Crippen molar-refractivity contribution in [3.63, 3.8) is 0 Å². The predicted molar refractivity (Wildman–Crippen MR) is 64.4 cm³/mol. The summed E-state index contributed by atoms with van der Waals surface area (Å²) >= 11 is 1.19. The molecule has 1 aliphatic rings. The van der Waals surface area contributed by atoms with Gasteiger partial charge in [-0.1, -0.05) is 30.0 Å². The summed E-state index contributed by atoms with van der Waals surface area (Å²) in [5, 5.41) is -0.156. The number of carbonyl (C=O) groups excluding carboxylic acids is 2. The van der Waals surface area contributed by atoms with Crippen LogP contribution in [0.5, 0.6) is 0 Å². The van der Waals surface area contributed by atoms with Gasteiger partial charge in [-0.3, -0.25) is 14.5 Å². The second kappa shape index (κ2) is 4.29. The van der Waals surface area contributed by atoms with E-state index in [9.17, 15) is 9.59 Å². The first-order valence-electron chi connectivity index (χ1n) is 5.19. The summed E-state index contributed by atoms with van der Waals surface area (Å²) in [7, 11) is 0. The molecule has 3 nitrogen and oxygen atoms in total. The minimum atomic E-state index is -0.180. The first-order chi connectivity index (χ1) is 7.61. The molecule has 0 N–H and O–H groups in total. The Bertz CT molecular complexity index is 442. The van der Waals surface area contributed by atoms with Crippen molar-refractivity contribution in [2.45, 2.75) is 25.6 Å². The van der Waals surface area contributed by atoms with Crippen molar-refractivity contribution < 1.29 is 9.59 Å². The molecule has 2 amide bonds. The highest BCUT2D eigenvalue weighted by Crippen LogP contribution is 2.27. The summed E-state index contributed by atoms with van der Waals surface area (Å²) in [6.45, 7) is 3.70. The maximum atomic E-state index is 12.2. The van der Waals surface area contributed by atoms with Gasteiger partial charge in [0.25, 0.3) is 11.1 Å². The van der Waals surface area contributed by atoms with Gasteiger partial charge in [0, 0.05) is 17.4 Å². The van der Waals surface area contributed by atoms with Crippen LogP contribution in [0.25, 0.3) is 0 Å². The molecule has 0 atom stereocenters. The zero-order chi connectivity index (χ0) is 11.7. The fourth-order valence-corrected chi connectivity index (χ4v) is 2.69. The maximum absolute atomic E-state index is 12.2. The van der Waals surface area contributed by atoms with Crippen LogP contribution in [0.2, 0.25) is 0 Å². The summed E-state index contributed by atoms with van der Waals surface area (Å²) in [4.78, 5) is 25.3. The first kappa shape index (κ1) is 11.2. The van der Waals surface area contributed by atoms with Crippen LogP contribution in [-0.2, 0) is 5.75 Å². The van der Waals surface area contributed by atoms with E-state index in [2.05, 4.69) is 0 Å². The highest BCUT2D eigenvalue weighted by molar-refractivity contribution is 8.12. The van der Waals surface area contributed by atoms with Crippen molar-refractivity contribution in [2.75, 3.05) is 0 Å². The molecule has 0 spiro atoms. The fourth-order valence-electron chi connectivity index (χ4n) is 1.72. The van der Waals surface area contributed by atoms with Crippen LogP contribution in [-0.4, -0.2) is 22.1 Å². The second-order valence-electron chi connectivity index (χ2n) is 3.98. The number of rotatable bonds is 1. The van der Waals surface area contributed by atoms with E-state index >= 15 is 0 Å². The number of hydrogen-bond donors (Lipinski definition) is 0. The van der Waals surface area contributed by atoms with Gasteiger partial charge in [0.2, 0.25) is 0 Å². The number of benzene rings is 1. The summed E-state index contributed by atoms with van der Waals surface area (Å²) in [6.07, 6.45) is 0. The quantitative estimate of drug-likeness (QED) is 0.751. The minimum absolute atomic E-state index is 0.0985. The van der Waals surface area contributed by atoms with Crippen molar-refractivity contribution in [1.82, 2.24) is 4.90 Å². The van der Waals surface area contributed by atoms with Gasteiger partial charge in [0.05, 0.1) is 0 Å². The third kappa shape index (κ3) is 1.85. The van der Waals surface area contributed by atoms with Crippen molar-refractivity contribution in [2.24, 2.45) is 0 Å². The predicted octanol–water partition coefficient (Wildman–Crippen LogP) is 2.90. The standard InChI is InChI=1S/C12H13NO2S/c1-8(2)13-11(14)10-6-4-3-5-9(10)7-16-12(13)15/h3-6,8H,7H2,1-2H3. The average Bonchev–Trinajstić information content (AvgIpc) is 2.37. The summed E-state index contributed by atoms with van der Waals surface area (Å²) in [5.41, 5.74) is 1.59. The van der Waals surface area contributed by atoms with Gasteiger partial charge in [0.1, 0.15) is 0 Å². The van der Waals surface area contributed by atoms with E-state index in [0.717, 1.165) is 5.56 Å². The van der Waals surface area contributed by atoms with E-state index in [0.29, 0.717) is 11.3 Å². The Morgan fingerprint density at radius 3 is 2.62 bits per heavy atom. The molecule has 4 heteroatoms. The Balaban J connectivity index is 2.47. The van der Waals surface area contributed by atoms with Crippen LogP contribution in [0.3, 0.4) is 0 Å². The molecular formula is C12H13NO2S. The van der Waals surface area contributed by atoms with Gasteiger partial charge in [0.15, 0.2) is 0 Å². The number of imide groups is 1. The lowest BCUT2D eigenvalue weighted by Crippen LogP contribution is -2.38. The van der Waals surface area contributed by atoms with Gasteiger partial charge < -0.3 is 0 Å². The normalized spacial score (nSPS) is 16.3. The van der Waals surface area contributed by atoms with E-state index in [1.165, 1.54) is 16.7 Å². The lowest BCUT2D eigenvalue weighted by Gasteiger charge is -2.22. The first-order valence-corrected chi connectivity index (χ1v) is 6.18. The van der Waals surface area contributed by atoms with Crippen LogP contribution in [0.1, 0.15) is 29.8 Å². The van der Waals surface area contributed by atoms with Crippen molar-refractivity contribution in [1.29, 1.82) is 0 Å². The highest BCUT2D eigenvalue weighted by Gasteiger charge is 2.30. The molecule has 0 radical (unpaired) electrons. The molecule has 1 aromatic rings. The molecule has 16 heavy (non-hydrogen) atoms. The Morgan fingerprint density at radius 1 is 1.25 bits per heavy atom. The van der Waals surface area contributed by atoms with Crippen LogP contribution in [0, 0.1) is 0 Å². The molecule has 0 bridgehead atoms. The van der Waals surface area contributed by atoms with E-state index in [1.54, 1.807) is 6.07 Å². The molecule has 1 aromatic carbocycles. The molecule has 0 saturated heterocycles. The number of amides is 2. The molecule has 0 unspecified atom stereocenters. The van der Waals surface area contributed by atoms with E-state index < -0.39 is 0 Å². The zero-order valence-corrected chi connectivity index (χ0v) is 10.1. The van der Waals surface area contributed by atoms with Gasteiger partial charge in [-0.25, -0.2) is 0 Å². The van der Waals surface area contributed by atoms with E-state index in [1.807, 2.05) is 32.0 Å². The topological polar surface area (TPSA) is 37.4 Å². The smallest absolute Gasteiger partial charge is 0.269 e. The molecule has 1 heterocycles. The average molecular weight is 235 g/mol. The lowest BCUT2D eigenvalue weighted by molar-refractivity contribution is 0.0787. The SMILES string of the molecule is CC(C)N1C(=O)SCc2ccccc2C1=O. The minimum Gasteiger partial charge on any atom is -0.269 e. The maximum Gasteiger partial charge on any atom is 0.289 e. The number of nitrogens with zero attached hydrogens (tertiary/aromatic N) is 1. The van der Waals surface area contributed by atoms with Crippen molar-refractivity contribution >= 4 is 22.9 Å². The second-order valence-corrected chi connectivity index (χ2v) is 4.91. The molecule has 0 fully saturated rings. The Labute approximate surface area is 98.8 Å². The molecule has 1 aliphatic heterocycles. The Morgan fingerprint density at radius 2 is 1.94 bits per heavy atom. The fraction of sp³-hybridized carbons (Fsp3) is 0.333. The molecule has 84 valence electrons. The Kier molecular flexibility index (Phi) is 3.01. The largest absolute Gasteiger partial charge is 0.289 e. The summed E-state index contributed by atoms with van der Waals surface area (Å²) in [5.74, 6) is 0.393. The van der Waals surface area contributed by atoms with Crippen LogP contribution in [0.4, 0.5) is 4.79 Å². The van der Waals surface area contributed by atoms with Gasteiger partial charge >= 0.3 is 0 Å². The third-order valence-corrected chi connectivity index (χ3v) is 3.43. The highest BCUT2D eigenvalue weighted by atomic mass is 32.2. The zero-order valence-electron chi connectivity index (χ0n) is 9.27. The molecule has 2 rings (SSSR count). The van der Waals surface area contributed by atoms with Gasteiger partial charge in [-0.2, -0.15) is 0 Å². The van der Waals surface area contributed by atoms with E-state index in [4.69, 9.17) is 0 Å². The van der Waals surface area contributed by atoms with E-state index in [-0.39, 0.29) is 17.2 Å².